The highest BCUT2D eigenvalue weighted by atomic mass is 16.2. The van der Waals surface area contributed by atoms with Crippen LogP contribution in [0.2, 0.25) is 0 Å². The number of nitrogens with two attached hydrogens (primary N) is 1. The molecule has 0 heterocycles. The average molecular weight is 329 g/mol. The average Bonchev–Trinajstić information content (AvgIpc) is 2.58. The fraction of sp³-hybridized carbons (Fsp3) is 0.706. The Morgan fingerprint density at radius 1 is 1.17 bits per heavy atom. The summed E-state index contributed by atoms with van der Waals surface area (Å²) in [5.41, 5.74) is 5.67. The Kier molecular flexibility index (Phi) is 20.9. The SMILES string of the molecule is C=O.CC.CCCNC(=O)/C=C/C(NC(=O)[C@@H](N)CC)C(C)C. The molecule has 0 spiro atoms. The lowest BCUT2D eigenvalue weighted by Crippen LogP contribution is -2.46. The van der Waals surface area contributed by atoms with E-state index in [2.05, 4.69) is 10.6 Å². The third-order valence-corrected chi connectivity index (χ3v) is 2.81. The van der Waals surface area contributed by atoms with Gasteiger partial charge in [0.25, 0.3) is 0 Å². The van der Waals surface area contributed by atoms with Crippen LogP contribution >= 0.6 is 0 Å². The van der Waals surface area contributed by atoms with E-state index in [4.69, 9.17) is 10.5 Å². The molecule has 0 aliphatic rings. The van der Waals surface area contributed by atoms with Crippen molar-refractivity contribution < 1.29 is 14.4 Å². The molecule has 0 aliphatic heterocycles. The second-order valence-electron chi connectivity index (χ2n) is 4.94. The first-order valence-electron chi connectivity index (χ1n) is 8.23. The van der Waals surface area contributed by atoms with E-state index >= 15 is 0 Å². The largest absolute Gasteiger partial charge is 0.353 e. The van der Waals surface area contributed by atoms with Gasteiger partial charge in [0.1, 0.15) is 6.79 Å². The highest BCUT2D eigenvalue weighted by molar-refractivity contribution is 5.87. The van der Waals surface area contributed by atoms with Crippen molar-refractivity contribution in [1.29, 1.82) is 0 Å². The number of carbonyl (C=O) groups is 3. The Morgan fingerprint density at radius 2 is 1.70 bits per heavy atom. The van der Waals surface area contributed by atoms with Gasteiger partial charge in [0.15, 0.2) is 0 Å². The molecule has 4 N–H and O–H groups in total. The fourth-order valence-electron chi connectivity index (χ4n) is 1.39. The zero-order valence-corrected chi connectivity index (χ0v) is 15.5. The lowest BCUT2D eigenvalue weighted by atomic mass is 10.0. The van der Waals surface area contributed by atoms with Gasteiger partial charge < -0.3 is 21.2 Å². The van der Waals surface area contributed by atoms with E-state index in [0.717, 1.165) is 6.42 Å². The molecule has 2 amide bonds. The van der Waals surface area contributed by atoms with Crippen LogP contribution in [0.1, 0.15) is 54.4 Å². The van der Waals surface area contributed by atoms with Crippen LogP contribution < -0.4 is 16.4 Å². The summed E-state index contributed by atoms with van der Waals surface area (Å²) in [4.78, 5) is 31.2. The van der Waals surface area contributed by atoms with Crippen molar-refractivity contribution in [2.75, 3.05) is 6.54 Å². The Bertz CT molecular complexity index is 331. The van der Waals surface area contributed by atoms with Crippen molar-refractivity contribution in [3.05, 3.63) is 12.2 Å². The molecule has 23 heavy (non-hydrogen) atoms. The molecule has 6 nitrogen and oxygen atoms in total. The van der Waals surface area contributed by atoms with E-state index in [1.807, 2.05) is 48.3 Å². The van der Waals surface area contributed by atoms with Crippen molar-refractivity contribution >= 4 is 18.6 Å². The molecular weight excluding hydrogens is 294 g/mol. The lowest BCUT2D eigenvalue weighted by molar-refractivity contribution is -0.123. The van der Waals surface area contributed by atoms with Gasteiger partial charge >= 0.3 is 0 Å². The molecule has 0 fully saturated rings. The van der Waals surface area contributed by atoms with Crippen molar-refractivity contribution in [2.24, 2.45) is 11.7 Å². The second-order valence-corrected chi connectivity index (χ2v) is 4.94. The molecule has 0 radical (unpaired) electrons. The standard InChI is InChI=1S/C14H27N3O2.C2H6.CH2O/c1-5-9-16-13(18)8-7-12(10(3)4)17-14(19)11(15)6-2;2*1-2/h7-8,10-12H,5-6,9,15H2,1-4H3,(H,16,18)(H,17,19);1-2H3;1H2/b8-7+;;/t11-,12?;;/m0../s1. The number of hydrogen-bond donors (Lipinski definition) is 3. The van der Waals surface area contributed by atoms with Crippen LogP contribution in [0.15, 0.2) is 12.2 Å². The van der Waals surface area contributed by atoms with Gasteiger partial charge in [0.2, 0.25) is 11.8 Å². The maximum Gasteiger partial charge on any atom is 0.243 e. The molecular formula is C17H35N3O3. The summed E-state index contributed by atoms with van der Waals surface area (Å²) < 4.78 is 0. The Balaban J connectivity index is -0.000000919. The molecule has 0 bridgehead atoms. The number of nitrogens with one attached hydrogen (secondary N) is 2. The van der Waals surface area contributed by atoms with Gasteiger partial charge in [0.05, 0.1) is 6.04 Å². The molecule has 1 unspecified atom stereocenters. The summed E-state index contributed by atoms with van der Waals surface area (Å²) in [7, 11) is 0. The Morgan fingerprint density at radius 3 is 2.09 bits per heavy atom. The Hall–Kier alpha value is -1.69. The van der Waals surface area contributed by atoms with Gasteiger partial charge in [-0.1, -0.05) is 47.6 Å². The summed E-state index contributed by atoms with van der Waals surface area (Å²) in [5.74, 6) is -0.121. The molecule has 0 saturated heterocycles. The van der Waals surface area contributed by atoms with E-state index in [9.17, 15) is 9.59 Å². The predicted octanol–water partition coefficient (Wildman–Crippen LogP) is 1.79. The maximum absolute atomic E-state index is 11.7. The molecule has 0 aromatic rings. The van der Waals surface area contributed by atoms with Gasteiger partial charge in [-0.15, -0.1) is 0 Å². The van der Waals surface area contributed by atoms with Crippen LogP contribution in [0.3, 0.4) is 0 Å². The van der Waals surface area contributed by atoms with E-state index in [1.54, 1.807) is 6.08 Å². The van der Waals surface area contributed by atoms with E-state index in [0.29, 0.717) is 13.0 Å². The minimum atomic E-state index is -0.497. The van der Waals surface area contributed by atoms with Crippen LogP contribution in [0.25, 0.3) is 0 Å². The second kappa shape index (κ2) is 18.4. The molecule has 0 aromatic heterocycles. The zero-order valence-electron chi connectivity index (χ0n) is 15.5. The zero-order chi connectivity index (χ0) is 18.8. The third kappa shape index (κ3) is 15.0. The van der Waals surface area contributed by atoms with Gasteiger partial charge in [-0.2, -0.15) is 0 Å². The number of rotatable bonds is 8. The molecule has 6 heteroatoms. The van der Waals surface area contributed by atoms with Crippen LogP contribution in [0.5, 0.6) is 0 Å². The van der Waals surface area contributed by atoms with Gasteiger partial charge in [-0.05, 0) is 18.8 Å². The van der Waals surface area contributed by atoms with Crippen molar-refractivity contribution in [1.82, 2.24) is 10.6 Å². The van der Waals surface area contributed by atoms with E-state index in [1.165, 1.54) is 6.08 Å². The summed E-state index contributed by atoms with van der Waals surface area (Å²) in [6, 6.07) is -0.680. The predicted molar refractivity (Wildman–Crippen MR) is 95.9 cm³/mol. The minimum absolute atomic E-state index is 0.137. The maximum atomic E-state index is 11.7. The molecule has 0 aliphatic carbocycles. The topological polar surface area (TPSA) is 101 Å². The number of amides is 2. The van der Waals surface area contributed by atoms with Crippen LogP contribution in [-0.2, 0) is 14.4 Å². The van der Waals surface area contributed by atoms with Gasteiger partial charge in [-0.25, -0.2) is 0 Å². The lowest BCUT2D eigenvalue weighted by Gasteiger charge is -2.20. The molecule has 2 atom stereocenters. The molecule has 0 saturated carbocycles. The molecule has 0 aromatic carbocycles. The summed E-state index contributed by atoms with van der Waals surface area (Å²) in [6.45, 7) is 14.5. The summed E-state index contributed by atoms with van der Waals surface area (Å²) in [6.07, 6.45) is 4.68. The van der Waals surface area contributed by atoms with Crippen molar-refractivity contribution in [3.8, 4) is 0 Å². The van der Waals surface area contributed by atoms with Gasteiger partial charge in [-0.3, -0.25) is 9.59 Å². The minimum Gasteiger partial charge on any atom is -0.353 e. The van der Waals surface area contributed by atoms with Crippen LogP contribution in [0.4, 0.5) is 0 Å². The van der Waals surface area contributed by atoms with Crippen molar-refractivity contribution in [3.63, 3.8) is 0 Å². The smallest absolute Gasteiger partial charge is 0.243 e. The normalized spacial score (nSPS) is 12.3. The van der Waals surface area contributed by atoms with Crippen molar-refractivity contribution in [2.45, 2.75) is 66.5 Å². The number of carbonyl (C=O) groups excluding carboxylic acids is 3. The monoisotopic (exact) mass is 329 g/mol. The summed E-state index contributed by atoms with van der Waals surface area (Å²) >= 11 is 0. The van der Waals surface area contributed by atoms with Gasteiger partial charge in [0, 0.05) is 18.7 Å². The molecule has 136 valence electrons. The summed E-state index contributed by atoms with van der Waals surface area (Å²) in [5, 5.41) is 5.60. The fourth-order valence-corrected chi connectivity index (χ4v) is 1.39. The van der Waals surface area contributed by atoms with E-state index < -0.39 is 6.04 Å². The quantitative estimate of drug-likeness (QED) is 0.591. The Labute approximate surface area is 141 Å². The third-order valence-electron chi connectivity index (χ3n) is 2.81. The first kappa shape index (κ1) is 26.2. The van der Waals surface area contributed by atoms with Crippen LogP contribution in [-0.4, -0.2) is 37.2 Å². The van der Waals surface area contributed by atoms with E-state index in [-0.39, 0.29) is 23.8 Å². The first-order valence-corrected chi connectivity index (χ1v) is 8.23. The highest BCUT2D eigenvalue weighted by Crippen LogP contribution is 2.04. The molecule has 0 rings (SSSR count). The highest BCUT2D eigenvalue weighted by Gasteiger charge is 2.17. The number of hydrogen-bond acceptors (Lipinski definition) is 4. The first-order chi connectivity index (χ1) is 10.9. The van der Waals surface area contributed by atoms with Crippen LogP contribution in [0, 0.1) is 5.92 Å².